The molecule has 0 radical (unpaired) electrons. The number of rotatable bonds is 5. The minimum atomic E-state index is -1.34. The van der Waals surface area contributed by atoms with Gasteiger partial charge in [-0.3, -0.25) is 9.59 Å². The van der Waals surface area contributed by atoms with Gasteiger partial charge in [0.05, 0.1) is 0 Å². The van der Waals surface area contributed by atoms with Gasteiger partial charge in [0.25, 0.3) is 6.29 Å². The first-order valence-electron chi connectivity index (χ1n) is 7.59. The molecular weight excluding hydrogens is 332 g/mol. The Hall–Kier alpha value is -2.74. The molecule has 1 aliphatic rings. The number of esters is 2. The molecule has 0 spiro atoms. The second-order valence-corrected chi connectivity index (χ2v) is 5.54. The van der Waals surface area contributed by atoms with Crippen molar-refractivity contribution in [3.8, 4) is 5.75 Å². The van der Waals surface area contributed by atoms with E-state index in [0.717, 1.165) is 12.5 Å². The Labute approximate surface area is 144 Å². The molecule has 1 unspecified atom stereocenters. The molecule has 1 aromatic rings. The van der Waals surface area contributed by atoms with Crippen molar-refractivity contribution in [3.63, 3.8) is 0 Å². The number of aliphatic hydroxyl groups excluding tert-OH is 2. The number of hydrogen-bond donors (Lipinski definition) is 2. The second kappa shape index (κ2) is 7.89. The van der Waals surface area contributed by atoms with E-state index in [1.807, 2.05) is 6.92 Å². The van der Waals surface area contributed by atoms with Gasteiger partial charge in [-0.2, -0.15) is 0 Å². The van der Waals surface area contributed by atoms with Crippen molar-refractivity contribution in [1.82, 2.24) is 0 Å². The number of aliphatic hydroxyl groups is 2. The highest BCUT2D eigenvalue weighted by Crippen LogP contribution is 2.28. The summed E-state index contributed by atoms with van der Waals surface area (Å²) < 4.78 is 20.9. The molecule has 8 heteroatoms. The average Bonchev–Trinajstić information content (AvgIpc) is 2.54. The molecule has 2 N–H and O–H groups in total. The van der Waals surface area contributed by atoms with Gasteiger partial charge in [0.1, 0.15) is 18.5 Å². The van der Waals surface area contributed by atoms with Crippen LogP contribution >= 0.6 is 0 Å². The predicted octanol–water partition coefficient (Wildman–Crippen LogP) is 1.92. The molecular formula is C17H20O8. The highest BCUT2D eigenvalue weighted by molar-refractivity contribution is 5.67. The van der Waals surface area contributed by atoms with Crippen molar-refractivity contribution >= 4 is 11.9 Å². The summed E-state index contributed by atoms with van der Waals surface area (Å²) in [5, 5.41) is 20.3. The van der Waals surface area contributed by atoms with Crippen LogP contribution in [0.2, 0.25) is 0 Å². The lowest BCUT2D eigenvalue weighted by molar-refractivity contribution is -0.198. The lowest BCUT2D eigenvalue weighted by Crippen LogP contribution is -2.47. The monoisotopic (exact) mass is 352 g/mol. The van der Waals surface area contributed by atoms with Gasteiger partial charge in [0.2, 0.25) is 5.76 Å². The SMILES string of the molecule is CC(=O)OC[C@H]1OC(Oc2ccc(C)cc2)C(O)=C(O)[C@@H]1OC(C)=O. The van der Waals surface area contributed by atoms with E-state index in [0.29, 0.717) is 5.75 Å². The van der Waals surface area contributed by atoms with E-state index in [9.17, 15) is 19.8 Å². The molecule has 0 amide bonds. The zero-order valence-electron chi connectivity index (χ0n) is 14.1. The topological polar surface area (TPSA) is 112 Å². The standard InChI is InChI=1S/C17H20O8/c1-9-4-6-12(7-5-9)24-17-15(21)14(20)16(23-11(3)19)13(25-17)8-22-10(2)18/h4-7,13,16-17,20-21H,8H2,1-3H3/t13-,16-,17?/m1/s1. The van der Waals surface area contributed by atoms with E-state index in [1.165, 1.54) is 6.92 Å². The van der Waals surface area contributed by atoms with Crippen LogP contribution in [0.1, 0.15) is 19.4 Å². The van der Waals surface area contributed by atoms with Gasteiger partial charge in [0.15, 0.2) is 11.9 Å². The molecule has 136 valence electrons. The van der Waals surface area contributed by atoms with Gasteiger partial charge in [-0.05, 0) is 19.1 Å². The van der Waals surface area contributed by atoms with E-state index in [4.69, 9.17) is 18.9 Å². The smallest absolute Gasteiger partial charge is 0.303 e. The lowest BCUT2D eigenvalue weighted by Gasteiger charge is -2.34. The highest BCUT2D eigenvalue weighted by atomic mass is 16.7. The lowest BCUT2D eigenvalue weighted by atomic mass is 10.1. The van der Waals surface area contributed by atoms with E-state index >= 15 is 0 Å². The Balaban J connectivity index is 2.22. The van der Waals surface area contributed by atoms with Gasteiger partial charge in [-0.1, -0.05) is 17.7 Å². The van der Waals surface area contributed by atoms with Crippen LogP contribution in [0, 0.1) is 6.92 Å². The van der Waals surface area contributed by atoms with Gasteiger partial charge in [-0.25, -0.2) is 0 Å². The zero-order chi connectivity index (χ0) is 18.6. The molecule has 25 heavy (non-hydrogen) atoms. The molecule has 0 aromatic heterocycles. The van der Waals surface area contributed by atoms with Crippen molar-refractivity contribution in [2.75, 3.05) is 6.61 Å². The van der Waals surface area contributed by atoms with Crippen LogP contribution in [0.25, 0.3) is 0 Å². The maximum Gasteiger partial charge on any atom is 0.303 e. The summed E-state index contributed by atoms with van der Waals surface area (Å²) in [5.41, 5.74) is 1.02. The normalized spacial score (nSPS) is 23.1. The fourth-order valence-electron chi connectivity index (χ4n) is 2.20. The third-order valence-corrected chi connectivity index (χ3v) is 3.40. The maximum atomic E-state index is 11.2. The van der Waals surface area contributed by atoms with Gasteiger partial charge < -0.3 is 29.2 Å². The minimum absolute atomic E-state index is 0.293. The fourth-order valence-corrected chi connectivity index (χ4v) is 2.20. The first-order chi connectivity index (χ1) is 11.8. The third-order valence-electron chi connectivity index (χ3n) is 3.40. The number of aryl methyl sites for hydroxylation is 1. The number of hydrogen-bond acceptors (Lipinski definition) is 8. The van der Waals surface area contributed by atoms with Crippen LogP contribution in [-0.4, -0.2) is 47.3 Å². The Morgan fingerprint density at radius 3 is 2.28 bits per heavy atom. The quantitative estimate of drug-likeness (QED) is 0.773. The van der Waals surface area contributed by atoms with Crippen LogP contribution in [-0.2, 0) is 23.8 Å². The summed E-state index contributed by atoms with van der Waals surface area (Å²) in [6, 6.07) is 6.94. The maximum absolute atomic E-state index is 11.2. The highest BCUT2D eigenvalue weighted by Gasteiger charge is 2.42. The Morgan fingerprint density at radius 2 is 1.72 bits per heavy atom. The Kier molecular flexibility index (Phi) is 5.87. The van der Waals surface area contributed by atoms with Crippen molar-refractivity contribution in [2.45, 2.75) is 39.3 Å². The summed E-state index contributed by atoms with van der Waals surface area (Å²) in [6.07, 6.45) is -3.69. The van der Waals surface area contributed by atoms with Gasteiger partial charge in [0, 0.05) is 13.8 Å². The van der Waals surface area contributed by atoms with Gasteiger partial charge in [-0.15, -0.1) is 0 Å². The first kappa shape index (κ1) is 18.6. The molecule has 3 atom stereocenters. The molecule has 8 nitrogen and oxygen atoms in total. The molecule has 0 aliphatic carbocycles. The summed E-state index contributed by atoms with van der Waals surface area (Å²) in [6.45, 7) is 3.96. The number of benzene rings is 1. The predicted molar refractivity (Wildman–Crippen MR) is 84.9 cm³/mol. The molecule has 0 saturated carbocycles. The van der Waals surface area contributed by atoms with Crippen LogP contribution in [0.3, 0.4) is 0 Å². The van der Waals surface area contributed by atoms with E-state index in [1.54, 1.807) is 24.3 Å². The molecule has 0 fully saturated rings. The number of ether oxygens (including phenoxy) is 4. The molecule has 0 bridgehead atoms. The van der Waals surface area contributed by atoms with Crippen LogP contribution in [0.5, 0.6) is 5.75 Å². The summed E-state index contributed by atoms with van der Waals surface area (Å²) >= 11 is 0. The summed E-state index contributed by atoms with van der Waals surface area (Å²) in [4.78, 5) is 22.2. The van der Waals surface area contributed by atoms with Crippen LogP contribution < -0.4 is 4.74 Å². The Bertz CT molecular complexity index is 664. The first-order valence-corrected chi connectivity index (χ1v) is 7.59. The summed E-state index contributed by atoms with van der Waals surface area (Å²) in [5.74, 6) is -2.10. The second-order valence-electron chi connectivity index (χ2n) is 5.54. The zero-order valence-corrected chi connectivity index (χ0v) is 14.1. The summed E-state index contributed by atoms with van der Waals surface area (Å²) in [7, 11) is 0. The molecule has 1 aliphatic heterocycles. The van der Waals surface area contributed by atoms with Crippen molar-refractivity contribution in [3.05, 3.63) is 41.3 Å². The fraction of sp³-hybridized carbons (Fsp3) is 0.412. The minimum Gasteiger partial charge on any atom is -0.505 e. The Morgan fingerprint density at radius 1 is 1.08 bits per heavy atom. The van der Waals surface area contributed by atoms with Crippen molar-refractivity contribution < 1.29 is 38.7 Å². The van der Waals surface area contributed by atoms with E-state index < -0.39 is 42.0 Å². The molecule has 1 aromatic carbocycles. The molecule has 2 rings (SSSR count). The number of carbonyl (C=O) groups is 2. The third kappa shape index (κ3) is 4.87. The largest absolute Gasteiger partial charge is 0.505 e. The van der Waals surface area contributed by atoms with Crippen molar-refractivity contribution in [1.29, 1.82) is 0 Å². The van der Waals surface area contributed by atoms with Crippen molar-refractivity contribution in [2.24, 2.45) is 0 Å². The van der Waals surface area contributed by atoms with E-state index in [-0.39, 0.29) is 6.61 Å². The van der Waals surface area contributed by atoms with Gasteiger partial charge >= 0.3 is 11.9 Å². The molecule has 0 saturated heterocycles. The van der Waals surface area contributed by atoms with E-state index in [2.05, 4.69) is 0 Å². The molecule has 1 heterocycles. The van der Waals surface area contributed by atoms with Crippen LogP contribution in [0.15, 0.2) is 35.8 Å². The van der Waals surface area contributed by atoms with Crippen LogP contribution in [0.4, 0.5) is 0 Å². The average molecular weight is 352 g/mol. The number of carbonyl (C=O) groups excluding carboxylic acids is 2.